The van der Waals surface area contributed by atoms with E-state index in [0.29, 0.717) is 18.7 Å². The average molecular weight is 196 g/mol. The van der Waals surface area contributed by atoms with Gasteiger partial charge in [-0.3, -0.25) is 4.79 Å². The van der Waals surface area contributed by atoms with Gasteiger partial charge in [-0.2, -0.15) is 0 Å². The van der Waals surface area contributed by atoms with Gasteiger partial charge in [-0.25, -0.2) is 4.39 Å². The van der Waals surface area contributed by atoms with Crippen LogP contribution in [0.1, 0.15) is 10.4 Å². The van der Waals surface area contributed by atoms with E-state index >= 15 is 0 Å². The summed E-state index contributed by atoms with van der Waals surface area (Å²) in [6, 6.07) is 5.62. The Morgan fingerprint density at radius 3 is 2.86 bits per heavy atom. The highest BCUT2D eigenvalue weighted by Crippen LogP contribution is 2.02. The van der Waals surface area contributed by atoms with Crippen molar-refractivity contribution in [1.29, 1.82) is 0 Å². The van der Waals surface area contributed by atoms with Crippen molar-refractivity contribution >= 4 is 5.91 Å². The van der Waals surface area contributed by atoms with Crippen LogP contribution in [0.5, 0.6) is 0 Å². The summed E-state index contributed by atoms with van der Waals surface area (Å²) in [5, 5.41) is 5.56. The summed E-state index contributed by atoms with van der Waals surface area (Å²) in [5.74, 6) is -0.647. The SMILES string of the molecule is CNCCNC(=O)c1cccc(F)c1. The molecule has 0 aliphatic carbocycles. The molecule has 0 aromatic heterocycles. The van der Waals surface area contributed by atoms with Crippen LogP contribution in [0.15, 0.2) is 24.3 Å². The van der Waals surface area contributed by atoms with Gasteiger partial charge in [0.2, 0.25) is 0 Å². The summed E-state index contributed by atoms with van der Waals surface area (Å²) >= 11 is 0. The molecule has 1 amide bonds. The summed E-state index contributed by atoms with van der Waals surface area (Å²) in [6.45, 7) is 1.23. The highest BCUT2D eigenvalue weighted by molar-refractivity contribution is 5.94. The molecule has 0 aliphatic rings. The van der Waals surface area contributed by atoms with E-state index in [-0.39, 0.29) is 5.91 Å². The molecule has 1 aromatic carbocycles. The number of hydrogen-bond donors (Lipinski definition) is 2. The van der Waals surface area contributed by atoms with Crippen LogP contribution < -0.4 is 10.6 Å². The van der Waals surface area contributed by atoms with Crippen LogP contribution in [-0.2, 0) is 0 Å². The normalized spacial score (nSPS) is 9.86. The minimum atomic E-state index is -0.397. The summed E-state index contributed by atoms with van der Waals surface area (Å²) < 4.78 is 12.7. The molecule has 0 heterocycles. The number of carbonyl (C=O) groups excluding carboxylic acids is 1. The second-order valence-electron chi connectivity index (χ2n) is 2.87. The van der Waals surface area contributed by atoms with E-state index in [0.717, 1.165) is 0 Å². The van der Waals surface area contributed by atoms with E-state index in [4.69, 9.17) is 0 Å². The van der Waals surface area contributed by atoms with Crippen molar-refractivity contribution in [2.45, 2.75) is 0 Å². The van der Waals surface area contributed by atoms with Crippen molar-refractivity contribution in [3.05, 3.63) is 35.6 Å². The summed E-state index contributed by atoms with van der Waals surface area (Å²) in [4.78, 5) is 11.4. The first-order valence-electron chi connectivity index (χ1n) is 4.42. The van der Waals surface area contributed by atoms with Gasteiger partial charge in [0, 0.05) is 18.7 Å². The second-order valence-corrected chi connectivity index (χ2v) is 2.87. The zero-order chi connectivity index (χ0) is 10.4. The minimum Gasteiger partial charge on any atom is -0.351 e. The maximum atomic E-state index is 12.7. The Bertz CT molecular complexity index is 315. The Labute approximate surface area is 82.3 Å². The number of halogens is 1. The first-order chi connectivity index (χ1) is 6.74. The summed E-state index contributed by atoms with van der Waals surface area (Å²) in [5.41, 5.74) is 0.348. The monoisotopic (exact) mass is 196 g/mol. The molecule has 0 bridgehead atoms. The number of likely N-dealkylation sites (N-methyl/N-ethyl adjacent to an activating group) is 1. The zero-order valence-electron chi connectivity index (χ0n) is 8.01. The molecule has 0 aliphatic heterocycles. The molecule has 2 N–H and O–H groups in total. The highest BCUT2D eigenvalue weighted by atomic mass is 19.1. The second kappa shape index (κ2) is 5.34. The van der Waals surface area contributed by atoms with E-state index in [1.54, 1.807) is 13.1 Å². The lowest BCUT2D eigenvalue weighted by Gasteiger charge is -2.04. The third-order valence-corrected chi connectivity index (χ3v) is 1.75. The van der Waals surface area contributed by atoms with Crippen LogP contribution in [0.25, 0.3) is 0 Å². The predicted molar refractivity (Wildman–Crippen MR) is 52.7 cm³/mol. The molecule has 14 heavy (non-hydrogen) atoms. The maximum Gasteiger partial charge on any atom is 0.251 e. The van der Waals surface area contributed by atoms with Crippen LogP contribution in [-0.4, -0.2) is 26.0 Å². The molecule has 1 aromatic rings. The van der Waals surface area contributed by atoms with Crippen molar-refractivity contribution < 1.29 is 9.18 Å². The third kappa shape index (κ3) is 3.14. The fourth-order valence-corrected chi connectivity index (χ4v) is 1.03. The van der Waals surface area contributed by atoms with Gasteiger partial charge in [0.25, 0.3) is 5.91 Å². The molecule has 0 saturated heterocycles. The quantitative estimate of drug-likeness (QED) is 0.698. The number of benzene rings is 1. The summed E-state index contributed by atoms with van der Waals surface area (Å²) in [6.07, 6.45) is 0. The third-order valence-electron chi connectivity index (χ3n) is 1.75. The largest absolute Gasteiger partial charge is 0.351 e. The van der Waals surface area contributed by atoms with Gasteiger partial charge < -0.3 is 10.6 Å². The molecule has 0 radical (unpaired) electrons. The molecule has 3 nitrogen and oxygen atoms in total. The fraction of sp³-hybridized carbons (Fsp3) is 0.300. The standard InChI is InChI=1S/C10H13FN2O/c1-12-5-6-13-10(14)8-3-2-4-9(11)7-8/h2-4,7,12H,5-6H2,1H3,(H,13,14). The molecule has 76 valence electrons. The first kappa shape index (κ1) is 10.7. The minimum absolute atomic E-state index is 0.250. The molecular formula is C10H13FN2O. The number of hydrogen-bond acceptors (Lipinski definition) is 2. The van der Waals surface area contributed by atoms with Gasteiger partial charge >= 0.3 is 0 Å². The van der Waals surface area contributed by atoms with Crippen molar-refractivity contribution in [1.82, 2.24) is 10.6 Å². The van der Waals surface area contributed by atoms with Crippen molar-refractivity contribution in [3.63, 3.8) is 0 Å². The predicted octanol–water partition coefficient (Wildman–Crippen LogP) is 0.775. The van der Waals surface area contributed by atoms with E-state index in [1.807, 2.05) is 0 Å². The molecule has 0 spiro atoms. The molecule has 0 unspecified atom stereocenters. The number of nitrogens with one attached hydrogen (secondary N) is 2. The highest BCUT2D eigenvalue weighted by Gasteiger charge is 2.04. The number of rotatable bonds is 4. The van der Waals surface area contributed by atoms with Gasteiger partial charge in [0.1, 0.15) is 5.82 Å². The van der Waals surface area contributed by atoms with Gasteiger partial charge in [-0.05, 0) is 25.2 Å². The Balaban J connectivity index is 2.52. The van der Waals surface area contributed by atoms with E-state index in [1.165, 1.54) is 18.2 Å². The lowest BCUT2D eigenvalue weighted by molar-refractivity contribution is 0.0953. The Hall–Kier alpha value is -1.42. The summed E-state index contributed by atoms with van der Waals surface area (Å²) in [7, 11) is 1.80. The Morgan fingerprint density at radius 1 is 1.43 bits per heavy atom. The van der Waals surface area contributed by atoms with Gasteiger partial charge in [0.05, 0.1) is 0 Å². The Morgan fingerprint density at radius 2 is 2.21 bits per heavy atom. The van der Waals surface area contributed by atoms with Crippen LogP contribution in [0, 0.1) is 5.82 Å². The van der Waals surface area contributed by atoms with Crippen LogP contribution in [0.2, 0.25) is 0 Å². The van der Waals surface area contributed by atoms with Crippen LogP contribution in [0.3, 0.4) is 0 Å². The van der Waals surface area contributed by atoms with Crippen LogP contribution in [0.4, 0.5) is 4.39 Å². The van der Waals surface area contributed by atoms with Crippen molar-refractivity contribution in [2.75, 3.05) is 20.1 Å². The molecular weight excluding hydrogens is 183 g/mol. The van der Waals surface area contributed by atoms with Crippen LogP contribution >= 0.6 is 0 Å². The molecule has 0 atom stereocenters. The zero-order valence-corrected chi connectivity index (χ0v) is 8.01. The van der Waals surface area contributed by atoms with E-state index < -0.39 is 5.82 Å². The number of amides is 1. The number of carbonyl (C=O) groups is 1. The lowest BCUT2D eigenvalue weighted by Crippen LogP contribution is -2.30. The van der Waals surface area contributed by atoms with Crippen molar-refractivity contribution in [2.24, 2.45) is 0 Å². The molecule has 1 rings (SSSR count). The topological polar surface area (TPSA) is 41.1 Å². The van der Waals surface area contributed by atoms with Gasteiger partial charge in [-0.15, -0.1) is 0 Å². The van der Waals surface area contributed by atoms with Gasteiger partial charge in [-0.1, -0.05) is 6.07 Å². The smallest absolute Gasteiger partial charge is 0.251 e. The maximum absolute atomic E-state index is 12.7. The molecule has 4 heteroatoms. The average Bonchev–Trinajstić information content (AvgIpc) is 2.18. The van der Waals surface area contributed by atoms with E-state index in [2.05, 4.69) is 10.6 Å². The first-order valence-corrected chi connectivity index (χ1v) is 4.42. The van der Waals surface area contributed by atoms with E-state index in [9.17, 15) is 9.18 Å². The fourth-order valence-electron chi connectivity index (χ4n) is 1.03. The molecule has 0 fully saturated rings. The van der Waals surface area contributed by atoms with Crippen molar-refractivity contribution in [3.8, 4) is 0 Å². The molecule has 0 saturated carbocycles. The Kier molecular flexibility index (Phi) is 4.07. The lowest BCUT2D eigenvalue weighted by atomic mass is 10.2. The van der Waals surface area contributed by atoms with Gasteiger partial charge in [0.15, 0.2) is 0 Å².